The summed E-state index contributed by atoms with van der Waals surface area (Å²) in [5.41, 5.74) is 1.16. The molecule has 0 spiro atoms. The Labute approximate surface area is 150 Å². The van der Waals surface area contributed by atoms with Crippen LogP contribution in [0.5, 0.6) is 0 Å². The zero-order valence-corrected chi connectivity index (χ0v) is 14.1. The van der Waals surface area contributed by atoms with Crippen LogP contribution >= 0.6 is 0 Å². The molecule has 0 saturated carbocycles. The normalized spacial score (nSPS) is 12.0. The highest BCUT2D eigenvalue weighted by Gasteiger charge is 2.30. The van der Waals surface area contributed by atoms with Gasteiger partial charge >= 0.3 is 11.9 Å². The second-order valence-electron chi connectivity index (χ2n) is 6.04. The molecule has 9 heteroatoms. The summed E-state index contributed by atoms with van der Waals surface area (Å²) in [5, 5.41) is 4.22. The predicted molar refractivity (Wildman–Crippen MR) is 90.2 cm³/mol. The SMILES string of the molecule is Cc1coc(Cn2nc3ccc(-c4ccc(C(F)(F)F)cc4)cn3c2=O)n1. The lowest BCUT2D eigenvalue weighted by molar-refractivity contribution is -0.137. The second-order valence-corrected chi connectivity index (χ2v) is 6.04. The van der Waals surface area contributed by atoms with Crippen molar-refractivity contribution < 1.29 is 17.6 Å². The van der Waals surface area contributed by atoms with Gasteiger partial charge in [0.2, 0.25) is 5.89 Å². The van der Waals surface area contributed by atoms with Gasteiger partial charge in [0, 0.05) is 6.20 Å². The highest BCUT2D eigenvalue weighted by molar-refractivity contribution is 5.64. The monoisotopic (exact) mass is 374 g/mol. The second kappa shape index (κ2) is 6.11. The Morgan fingerprint density at radius 2 is 1.78 bits per heavy atom. The molecule has 0 amide bonds. The number of benzene rings is 1. The molecule has 0 aliphatic heterocycles. The number of pyridine rings is 1. The van der Waals surface area contributed by atoms with Crippen LogP contribution in [0.2, 0.25) is 0 Å². The fraction of sp³-hybridized carbons (Fsp3) is 0.167. The molecule has 138 valence electrons. The van der Waals surface area contributed by atoms with Crippen molar-refractivity contribution in [3.8, 4) is 11.1 Å². The number of hydrogen-bond donors (Lipinski definition) is 0. The molecule has 6 nitrogen and oxygen atoms in total. The summed E-state index contributed by atoms with van der Waals surface area (Å²) in [6, 6.07) is 8.09. The summed E-state index contributed by atoms with van der Waals surface area (Å²) in [6.45, 7) is 1.86. The van der Waals surface area contributed by atoms with Crippen molar-refractivity contribution >= 4 is 5.65 Å². The lowest BCUT2D eigenvalue weighted by Crippen LogP contribution is -2.21. The Kier molecular flexibility index (Phi) is 3.87. The van der Waals surface area contributed by atoms with E-state index in [-0.39, 0.29) is 6.54 Å². The molecule has 0 atom stereocenters. The van der Waals surface area contributed by atoms with E-state index >= 15 is 0 Å². The van der Waals surface area contributed by atoms with Gasteiger partial charge in [0.25, 0.3) is 0 Å². The van der Waals surface area contributed by atoms with Gasteiger partial charge in [-0.25, -0.2) is 18.9 Å². The van der Waals surface area contributed by atoms with Crippen molar-refractivity contribution in [1.29, 1.82) is 0 Å². The van der Waals surface area contributed by atoms with Crippen molar-refractivity contribution in [3.63, 3.8) is 0 Å². The van der Waals surface area contributed by atoms with E-state index in [0.29, 0.717) is 28.4 Å². The molecule has 0 bridgehead atoms. The van der Waals surface area contributed by atoms with Gasteiger partial charge in [-0.1, -0.05) is 12.1 Å². The lowest BCUT2D eigenvalue weighted by Gasteiger charge is -2.07. The van der Waals surface area contributed by atoms with Crippen LogP contribution in [-0.4, -0.2) is 19.2 Å². The van der Waals surface area contributed by atoms with Crippen LogP contribution in [0.25, 0.3) is 16.8 Å². The Morgan fingerprint density at radius 1 is 1.07 bits per heavy atom. The zero-order chi connectivity index (χ0) is 19.2. The van der Waals surface area contributed by atoms with Gasteiger partial charge in [-0.05, 0) is 42.3 Å². The number of alkyl halides is 3. The van der Waals surface area contributed by atoms with Crippen LogP contribution in [0.3, 0.4) is 0 Å². The standard InChI is InChI=1S/C18H13F3N4O2/c1-11-10-27-16(22-11)9-25-17(26)24-8-13(4-7-15(24)23-25)12-2-5-14(6-3-12)18(19,20)21/h2-8,10H,9H2,1H3. The smallest absolute Gasteiger partial charge is 0.416 e. The maximum Gasteiger partial charge on any atom is 0.416 e. The molecular formula is C18H13F3N4O2. The number of rotatable bonds is 3. The molecule has 0 saturated heterocycles. The van der Waals surface area contributed by atoms with Gasteiger partial charge < -0.3 is 4.42 Å². The number of aryl methyl sites for hydroxylation is 1. The first-order chi connectivity index (χ1) is 12.8. The lowest BCUT2D eigenvalue weighted by atomic mass is 10.1. The minimum atomic E-state index is -4.39. The first kappa shape index (κ1) is 17.1. The maximum absolute atomic E-state index is 12.7. The van der Waals surface area contributed by atoms with Gasteiger partial charge in [0.05, 0.1) is 11.3 Å². The minimum Gasteiger partial charge on any atom is -0.447 e. The number of fused-ring (bicyclic) bond motifs is 1. The summed E-state index contributed by atoms with van der Waals surface area (Å²) in [7, 11) is 0. The quantitative estimate of drug-likeness (QED) is 0.550. The molecule has 0 aliphatic rings. The van der Waals surface area contributed by atoms with E-state index in [9.17, 15) is 18.0 Å². The van der Waals surface area contributed by atoms with Crippen molar-refractivity contribution in [1.82, 2.24) is 19.2 Å². The fourth-order valence-electron chi connectivity index (χ4n) is 2.75. The molecule has 0 fully saturated rings. The average Bonchev–Trinajstić information content (AvgIpc) is 3.18. The Morgan fingerprint density at radius 3 is 2.41 bits per heavy atom. The van der Waals surface area contributed by atoms with Crippen LogP contribution in [0.4, 0.5) is 13.2 Å². The fourth-order valence-corrected chi connectivity index (χ4v) is 2.75. The molecule has 4 aromatic rings. The number of halogens is 3. The Hall–Kier alpha value is -3.36. The van der Waals surface area contributed by atoms with Gasteiger partial charge in [-0.15, -0.1) is 5.10 Å². The largest absolute Gasteiger partial charge is 0.447 e. The van der Waals surface area contributed by atoms with E-state index in [2.05, 4.69) is 10.1 Å². The third-order valence-electron chi connectivity index (χ3n) is 4.07. The number of oxazole rings is 1. The third kappa shape index (κ3) is 3.23. The maximum atomic E-state index is 12.7. The summed E-state index contributed by atoms with van der Waals surface area (Å²) in [4.78, 5) is 16.7. The highest BCUT2D eigenvalue weighted by atomic mass is 19.4. The van der Waals surface area contributed by atoms with E-state index in [4.69, 9.17) is 4.42 Å². The minimum absolute atomic E-state index is 0.0873. The van der Waals surface area contributed by atoms with Crippen LogP contribution in [0, 0.1) is 6.92 Å². The van der Waals surface area contributed by atoms with E-state index in [0.717, 1.165) is 12.1 Å². The van der Waals surface area contributed by atoms with Crippen LogP contribution in [0.15, 0.2) is 58.1 Å². The van der Waals surface area contributed by atoms with Crippen LogP contribution < -0.4 is 5.69 Å². The van der Waals surface area contributed by atoms with E-state index in [1.54, 1.807) is 25.3 Å². The van der Waals surface area contributed by atoms with Gasteiger partial charge in [-0.3, -0.25) is 0 Å². The summed E-state index contributed by atoms with van der Waals surface area (Å²) >= 11 is 0. The van der Waals surface area contributed by atoms with E-state index in [1.807, 2.05) is 0 Å². The van der Waals surface area contributed by atoms with Crippen molar-refractivity contribution in [2.45, 2.75) is 19.6 Å². The third-order valence-corrected chi connectivity index (χ3v) is 4.07. The van der Waals surface area contributed by atoms with Crippen molar-refractivity contribution in [2.75, 3.05) is 0 Å². The first-order valence-electron chi connectivity index (χ1n) is 7.99. The van der Waals surface area contributed by atoms with Crippen LogP contribution in [0.1, 0.15) is 17.1 Å². The number of nitrogens with zero attached hydrogens (tertiary/aromatic N) is 4. The highest BCUT2D eigenvalue weighted by Crippen LogP contribution is 2.30. The van der Waals surface area contributed by atoms with Gasteiger partial charge in [0.1, 0.15) is 12.8 Å². The summed E-state index contributed by atoms with van der Waals surface area (Å²) in [6.07, 6.45) is -1.36. The van der Waals surface area contributed by atoms with E-state index in [1.165, 1.54) is 27.5 Å². The summed E-state index contributed by atoms with van der Waals surface area (Å²) in [5.74, 6) is 0.362. The molecule has 0 unspecified atom stereocenters. The molecular weight excluding hydrogens is 361 g/mol. The molecule has 27 heavy (non-hydrogen) atoms. The Bertz CT molecular complexity index is 1170. The Balaban J connectivity index is 1.70. The summed E-state index contributed by atoms with van der Waals surface area (Å²) < 4.78 is 45.9. The molecule has 0 N–H and O–H groups in total. The molecule has 3 heterocycles. The van der Waals surface area contributed by atoms with Gasteiger partial charge in [0.15, 0.2) is 5.65 Å². The van der Waals surface area contributed by atoms with Crippen molar-refractivity contribution in [3.05, 3.63) is 76.5 Å². The van der Waals surface area contributed by atoms with Crippen molar-refractivity contribution in [2.24, 2.45) is 0 Å². The topological polar surface area (TPSA) is 65.3 Å². The average molecular weight is 374 g/mol. The molecule has 0 radical (unpaired) electrons. The molecule has 3 aromatic heterocycles. The molecule has 4 rings (SSSR count). The number of hydrogen-bond acceptors (Lipinski definition) is 4. The van der Waals surface area contributed by atoms with Crippen LogP contribution in [-0.2, 0) is 12.7 Å². The number of aromatic nitrogens is 4. The van der Waals surface area contributed by atoms with Gasteiger partial charge in [-0.2, -0.15) is 13.2 Å². The molecule has 0 aliphatic carbocycles. The first-order valence-corrected chi connectivity index (χ1v) is 7.99. The molecule has 1 aromatic carbocycles. The predicted octanol–water partition coefficient (Wildman–Crippen LogP) is 3.53. The zero-order valence-electron chi connectivity index (χ0n) is 14.1. The van der Waals surface area contributed by atoms with E-state index < -0.39 is 17.4 Å².